The summed E-state index contributed by atoms with van der Waals surface area (Å²) in [4.78, 5) is 11.6. The summed E-state index contributed by atoms with van der Waals surface area (Å²) in [5.74, 6) is -0.0390. The van der Waals surface area contributed by atoms with Crippen molar-refractivity contribution in [3.63, 3.8) is 0 Å². The first-order valence-corrected chi connectivity index (χ1v) is 7.83. The van der Waals surface area contributed by atoms with Crippen LogP contribution in [0, 0.1) is 6.92 Å². The first kappa shape index (κ1) is 15.5. The van der Waals surface area contributed by atoms with E-state index in [1.807, 2.05) is 31.2 Å². The highest BCUT2D eigenvalue weighted by atomic mass is 32.2. The normalized spacial score (nSPS) is 10.6. The van der Waals surface area contributed by atoms with Gasteiger partial charge in [-0.05, 0) is 41.5 Å². The molecule has 21 heavy (non-hydrogen) atoms. The number of hydrogen-bond donors (Lipinski definition) is 0. The quantitative estimate of drug-likeness (QED) is 0.444. The lowest BCUT2D eigenvalue weighted by Gasteiger charge is -2.05. The third-order valence-electron chi connectivity index (χ3n) is 2.77. The van der Waals surface area contributed by atoms with Crippen molar-refractivity contribution >= 4 is 17.7 Å². The molecule has 1 aromatic carbocycles. The standard InChI is InChI=1S/C14H18N4O2S/c1-3-4-8-20-13(19)10-21-14-15-16-17-18(14)12-7-5-6-11(2)9-12/h5-7,9H,3-4,8,10H2,1-2H3. The minimum atomic E-state index is -0.243. The third-order valence-corrected chi connectivity index (χ3v) is 3.66. The molecule has 1 aromatic heterocycles. The van der Waals surface area contributed by atoms with Gasteiger partial charge < -0.3 is 4.74 Å². The number of esters is 1. The lowest BCUT2D eigenvalue weighted by Crippen LogP contribution is -2.09. The van der Waals surface area contributed by atoms with Crippen molar-refractivity contribution in [2.24, 2.45) is 0 Å². The zero-order valence-corrected chi connectivity index (χ0v) is 13.0. The van der Waals surface area contributed by atoms with Crippen LogP contribution in [0.2, 0.25) is 0 Å². The molecule has 2 aromatic rings. The van der Waals surface area contributed by atoms with Crippen molar-refractivity contribution < 1.29 is 9.53 Å². The van der Waals surface area contributed by atoms with E-state index in [9.17, 15) is 4.79 Å². The van der Waals surface area contributed by atoms with Gasteiger partial charge in [0.25, 0.3) is 0 Å². The Morgan fingerprint density at radius 3 is 3.05 bits per heavy atom. The molecule has 0 fully saturated rings. The van der Waals surface area contributed by atoms with Crippen molar-refractivity contribution in [3.05, 3.63) is 29.8 Å². The molecule has 0 saturated carbocycles. The van der Waals surface area contributed by atoms with E-state index in [1.54, 1.807) is 4.68 Å². The summed E-state index contributed by atoms with van der Waals surface area (Å²) in [7, 11) is 0. The average Bonchev–Trinajstić information content (AvgIpc) is 2.94. The van der Waals surface area contributed by atoms with E-state index < -0.39 is 0 Å². The van der Waals surface area contributed by atoms with Crippen molar-refractivity contribution in [2.45, 2.75) is 31.8 Å². The number of thioether (sulfide) groups is 1. The predicted octanol–water partition coefficient (Wildman–Crippen LogP) is 2.41. The molecule has 0 bridgehead atoms. The topological polar surface area (TPSA) is 69.9 Å². The Hall–Kier alpha value is -1.89. The largest absolute Gasteiger partial charge is 0.465 e. The van der Waals surface area contributed by atoms with Crippen LogP contribution in [0.1, 0.15) is 25.3 Å². The van der Waals surface area contributed by atoms with Crippen LogP contribution in [-0.4, -0.2) is 38.5 Å². The molecule has 0 unspecified atom stereocenters. The van der Waals surface area contributed by atoms with Crippen molar-refractivity contribution in [3.8, 4) is 5.69 Å². The Morgan fingerprint density at radius 2 is 2.29 bits per heavy atom. The highest BCUT2D eigenvalue weighted by Crippen LogP contribution is 2.18. The number of benzene rings is 1. The van der Waals surface area contributed by atoms with E-state index >= 15 is 0 Å². The van der Waals surface area contributed by atoms with Crippen LogP contribution in [0.4, 0.5) is 0 Å². The fraction of sp³-hybridized carbons (Fsp3) is 0.429. The Kier molecular flexibility index (Phi) is 5.74. The molecule has 0 N–H and O–H groups in total. The zero-order chi connectivity index (χ0) is 15.1. The van der Waals surface area contributed by atoms with Gasteiger partial charge in [-0.15, -0.1) is 5.10 Å². The number of aryl methyl sites for hydroxylation is 1. The molecule has 112 valence electrons. The molecular formula is C14H18N4O2S. The van der Waals surface area contributed by atoms with E-state index in [4.69, 9.17) is 4.74 Å². The van der Waals surface area contributed by atoms with Gasteiger partial charge in [0, 0.05) is 0 Å². The van der Waals surface area contributed by atoms with E-state index in [1.165, 1.54) is 11.8 Å². The summed E-state index contributed by atoms with van der Waals surface area (Å²) in [6.07, 6.45) is 1.89. The number of carbonyl (C=O) groups excluding carboxylic acids is 1. The minimum Gasteiger partial charge on any atom is -0.465 e. The van der Waals surface area contributed by atoms with Crippen LogP contribution >= 0.6 is 11.8 Å². The maximum Gasteiger partial charge on any atom is 0.316 e. The molecule has 0 aliphatic rings. The molecule has 1 heterocycles. The van der Waals surface area contributed by atoms with Crippen LogP contribution in [0.5, 0.6) is 0 Å². The van der Waals surface area contributed by atoms with Gasteiger partial charge in [-0.25, -0.2) is 0 Å². The fourth-order valence-electron chi connectivity index (χ4n) is 1.69. The number of aromatic nitrogens is 4. The summed E-state index contributed by atoms with van der Waals surface area (Å²) in [6, 6.07) is 7.86. The Labute approximate surface area is 127 Å². The number of hydrogen-bond acceptors (Lipinski definition) is 6. The minimum absolute atomic E-state index is 0.204. The molecule has 0 spiro atoms. The molecule has 0 saturated heterocycles. The molecule has 0 aliphatic heterocycles. The first-order chi connectivity index (χ1) is 10.2. The molecule has 0 amide bonds. The van der Waals surface area contributed by atoms with Gasteiger partial charge in [0.1, 0.15) is 0 Å². The molecule has 0 aliphatic carbocycles. The van der Waals surface area contributed by atoms with Gasteiger partial charge in [-0.3, -0.25) is 4.79 Å². The van der Waals surface area contributed by atoms with E-state index in [2.05, 4.69) is 22.4 Å². The number of rotatable bonds is 7. The highest BCUT2D eigenvalue weighted by Gasteiger charge is 2.12. The zero-order valence-electron chi connectivity index (χ0n) is 12.2. The second kappa shape index (κ2) is 7.78. The number of tetrazole rings is 1. The van der Waals surface area contributed by atoms with Gasteiger partial charge in [0.2, 0.25) is 5.16 Å². The lowest BCUT2D eigenvalue weighted by molar-refractivity contribution is -0.140. The smallest absolute Gasteiger partial charge is 0.316 e. The van der Waals surface area contributed by atoms with Crippen LogP contribution in [0.15, 0.2) is 29.4 Å². The molecule has 0 atom stereocenters. The maximum atomic E-state index is 11.6. The number of ether oxygens (including phenoxy) is 1. The van der Waals surface area contributed by atoms with E-state index in [-0.39, 0.29) is 11.7 Å². The maximum absolute atomic E-state index is 11.6. The molecule has 7 heteroatoms. The summed E-state index contributed by atoms with van der Waals surface area (Å²) >= 11 is 1.27. The average molecular weight is 306 g/mol. The highest BCUT2D eigenvalue weighted by molar-refractivity contribution is 7.99. The third kappa shape index (κ3) is 4.56. The molecule has 0 radical (unpaired) electrons. The Morgan fingerprint density at radius 1 is 1.43 bits per heavy atom. The van der Waals surface area contributed by atoms with E-state index in [0.717, 1.165) is 24.1 Å². The van der Waals surface area contributed by atoms with Crippen LogP contribution in [0.25, 0.3) is 5.69 Å². The monoisotopic (exact) mass is 306 g/mol. The van der Waals surface area contributed by atoms with Gasteiger partial charge >= 0.3 is 5.97 Å². The number of unbranched alkanes of at least 4 members (excludes halogenated alkanes) is 1. The first-order valence-electron chi connectivity index (χ1n) is 6.84. The second-order valence-electron chi connectivity index (χ2n) is 4.57. The number of carbonyl (C=O) groups is 1. The SMILES string of the molecule is CCCCOC(=O)CSc1nnnn1-c1cccc(C)c1. The summed E-state index contributed by atoms with van der Waals surface area (Å²) in [6.45, 7) is 4.53. The van der Waals surface area contributed by atoms with Gasteiger partial charge in [-0.1, -0.05) is 37.2 Å². The lowest BCUT2D eigenvalue weighted by atomic mass is 10.2. The summed E-state index contributed by atoms with van der Waals surface area (Å²) in [5.41, 5.74) is 2.00. The van der Waals surface area contributed by atoms with Crippen molar-refractivity contribution in [1.82, 2.24) is 20.2 Å². The van der Waals surface area contributed by atoms with Gasteiger partial charge in [-0.2, -0.15) is 4.68 Å². The van der Waals surface area contributed by atoms with Crippen molar-refractivity contribution in [1.29, 1.82) is 0 Å². The van der Waals surface area contributed by atoms with Crippen molar-refractivity contribution in [2.75, 3.05) is 12.4 Å². The molecular weight excluding hydrogens is 288 g/mol. The summed E-state index contributed by atoms with van der Waals surface area (Å²) < 4.78 is 6.73. The van der Waals surface area contributed by atoms with Crippen LogP contribution in [0.3, 0.4) is 0 Å². The van der Waals surface area contributed by atoms with Gasteiger partial charge in [0.15, 0.2) is 0 Å². The predicted molar refractivity (Wildman–Crippen MR) is 80.5 cm³/mol. The number of nitrogens with zero attached hydrogens (tertiary/aromatic N) is 4. The van der Waals surface area contributed by atoms with Crippen LogP contribution < -0.4 is 0 Å². The fourth-order valence-corrected chi connectivity index (χ4v) is 2.37. The Balaban J connectivity index is 1.96. The Bertz CT molecular complexity index is 600. The van der Waals surface area contributed by atoms with E-state index in [0.29, 0.717) is 11.8 Å². The second-order valence-corrected chi connectivity index (χ2v) is 5.52. The summed E-state index contributed by atoms with van der Waals surface area (Å²) in [5, 5.41) is 12.2. The van der Waals surface area contributed by atoms with Crippen LogP contribution in [-0.2, 0) is 9.53 Å². The molecule has 2 rings (SSSR count). The molecule has 6 nitrogen and oxygen atoms in total. The van der Waals surface area contributed by atoms with Gasteiger partial charge in [0.05, 0.1) is 18.0 Å².